The van der Waals surface area contributed by atoms with E-state index in [0.717, 1.165) is 16.2 Å². The number of amides is 2. The number of rotatable bonds is 6. The zero-order valence-corrected chi connectivity index (χ0v) is 17.1. The van der Waals surface area contributed by atoms with E-state index in [-0.39, 0.29) is 40.6 Å². The van der Waals surface area contributed by atoms with Crippen LogP contribution < -0.4 is 10.2 Å². The molecular weight excluding hydrogens is 380 g/mol. The van der Waals surface area contributed by atoms with Crippen LogP contribution in [0.15, 0.2) is 6.07 Å². The lowest BCUT2D eigenvalue weighted by Crippen LogP contribution is -2.43. The normalized spacial score (nSPS) is 19.3. The molecule has 2 rings (SSSR count). The van der Waals surface area contributed by atoms with Crippen LogP contribution in [0.5, 0.6) is 0 Å². The molecule has 0 aliphatic heterocycles. The van der Waals surface area contributed by atoms with Gasteiger partial charge in [0.2, 0.25) is 12.3 Å². The van der Waals surface area contributed by atoms with Gasteiger partial charge in [0, 0.05) is 11.5 Å². The second kappa shape index (κ2) is 9.22. The van der Waals surface area contributed by atoms with Gasteiger partial charge < -0.3 is 20.4 Å². The number of carboxylic acid groups (broad SMARTS) is 1. The summed E-state index contributed by atoms with van der Waals surface area (Å²) >= 11 is 0.982. The Balaban J connectivity index is 2.14. The highest BCUT2D eigenvalue weighted by Crippen LogP contribution is 2.30. The van der Waals surface area contributed by atoms with Crippen molar-refractivity contribution in [3.63, 3.8) is 0 Å². The van der Waals surface area contributed by atoms with Gasteiger partial charge in [0.05, 0.1) is 16.7 Å². The number of thiophene rings is 1. The van der Waals surface area contributed by atoms with Crippen LogP contribution in [0.4, 0.5) is 5.69 Å². The number of nitrogens with one attached hydrogen (secondary N) is 1. The fourth-order valence-corrected chi connectivity index (χ4v) is 3.75. The summed E-state index contributed by atoms with van der Waals surface area (Å²) in [6, 6.07) is 1.49. The summed E-state index contributed by atoms with van der Waals surface area (Å²) in [6.07, 6.45) is 2.76. The number of hydrogen-bond acceptors (Lipinski definition) is 5. The van der Waals surface area contributed by atoms with Gasteiger partial charge >= 0.3 is 5.97 Å². The largest absolute Gasteiger partial charge is 0.477 e. The van der Waals surface area contributed by atoms with E-state index >= 15 is 0 Å². The van der Waals surface area contributed by atoms with Gasteiger partial charge in [-0.15, -0.1) is 11.3 Å². The van der Waals surface area contributed by atoms with Crippen LogP contribution in [0.25, 0.3) is 0 Å². The molecule has 7 nitrogen and oxygen atoms in total. The van der Waals surface area contributed by atoms with Crippen molar-refractivity contribution in [1.82, 2.24) is 5.32 Å². The summed E-state index contributed by atoms with van der Waals surface area (Å²) in [5, 5.41) is 21.9. The summed E-state index contributed by atoms with van der Waals surface area (Å²) < 4.78 is 0. The Hall–Kier alpha value is -2.37. The van der Waals surface area contributed by atoms with Gasteiger partial charge in [-0.05, 0) is 52.5 Å². The van der Waals surface area contributed by atoms with E-state index in [9.17, 15) is 24.6 Å². The molecular formula is C20H26N2O5S. The molecule has 1 aromatic rings. The predicted octanol–water partition coefficient (Wildman–Crippen LogP) is 2.23. The van der Waals surface area contributed by atoms with Gasteiger partial charge in [-0.1, -0.05) is 11.8 Å². The Kier molecular flexibility index (Phi) is 7.22. The Morgan fingerprint density at radius 2 is 1.96 bits per heavy atom. The van der Waals surface area contributed by atoms with Crippen molar-refractivity contribution >= 4 is 35.3 Å². The van der Waals surface area contributed by atoms with Crippen molar-refractivity contribution in [2.24, 2.45) is 5.41 Å². The Morgan fingerprint density at radius 1 is 1.32 bits per heavy atom. The Labute approximate surface area is 168 Å². The van der Waals surface area contributed by atoms with Gasteiger partial charge in [0.15, 0.2) is 0 Å². The van der Waals surface area contributed by atoms with E-state index < -0.39 is 5.97 Å². The SMILES string of the molecule is CC(C)(C)C#Cc1cc(N(C=O)CC(=O)NC2CCC(O)CC2)c(C(=O)O)s1. The highest BCUT2D eigenvalue weighted by molar-refractivity contribution is 7.15. The lowest BCUT2D eigenvalue weighted by Gasteiger charge is -2.27. The first kappa shape index (κ1) is 21.9. The molecule has 0 unspecified atom stereocenters. The van der Waals surface area contributed by atoms with Gasteiger partial charge in [0.1, 0.15) is 11.4 Å². The number of carboxylic acids is 1. The number of carbonyl (C=O) groups excluding carboxylic acids is 2. The molecule has 0 saturated heterocycles. The summed E-state index contributed by atoms with van der Waals surface area (Å²) in [5.74, 6) is 4.44. The molecule has 2 amide bonds. The number of aliphatic hydroxyl groups is 1. The molecule has 0 aromatic carbocycles. The number of anilines is 1. The topological polar surface area (TPSA) is 107 Å². The molecule has 28 heavy (non-hydrogen) atoms. The lowest BCUT2D eigenvalue weighted by molar-refractivity contribution is -0.122. The molecule has 3 N–H and O–H groups in total. The maximum absolute atomic E-state index is 12.3. The molecule has 1 aliphatic carbocycles. The fourth-order valence-electron chi connectivity index (χ4n) is 2.89. The first-order chi connectivity index (χ1) is 13.1. The molecule has 1 aliphatic rings. The van der Waals surface area contributed by atoms with Crippen molar-refractivity contribution in [3.05, 3.63) is 15.8 Å². The molecule has 0 atom stereocenters. The highest BCUT2D eigenvalue weighted by atomic mass is 32.1. The summed E-state index contributed by atoms with van der Waals surface area (Å²) in [4.78, 5) is 37.1. The third kappa shape index (κ3) is 6.36. The molecule has 0 spiro atoms. The lowest BCUT2D eigenvalue weighted by atomic mass is 9.93. The number of aliphatic hydroxyl groups excluding tert-OH is 1. The molecule has 1 aromatic heterocycles. The first-order valence-corrected chi connectivity index (χ1v) is 10.0. The Morgan fingerprint density at radius 3 is 2.50 bits per heavy atom. The van der Waals surface area contributed by atoms with Crippen LogP contribution in [0, 0.1) is 17.3 Å². The number of hydrogen-bond donors (Lipinski definition) is 3. The zero-order chi connectivity index (χ0) is 20.9. The van der Waals surface area contributed by atoms with E-state index in [2.05, 4.69) is 17.2 Å². The Bertz CT molecular complexity index is 792. The van der Waals surface area contributed by atoms with Gasteiger partial charge in [-0.2, -0.15) is 0 Å². The van der Waals surface area contributed by atoms with E-state index in [0.29, 0.717) is 37.0 Å². The van der Waals surface area contributed by atoms with Gasteiger partial charge in [-0.25, -0.2) is 4.79 Å². The minimum atomic E-state index is -1.17. The monoisotopic (exact) mass is 406 g/mol. The maximum Gasteiger partial charge on any atom is 0.348 e. The number of aromatic carboxylic acids is 1. The predicted molar refractivity (Wildman–Crippen MR) is 107 cm³/mol. The van der Waals surface area contributed by atoms with Crippen LogP contribution in [-0.4, -0.2) is 47.2 Å². The molecule has 0 radical (unpaired) electrons. The molecule has 1 heterocycles. The van der Waals surface area contributed by atoms with E-state index in [1.807, 2.05) is 20.8 Å². The van der Waals surface area contributed by atoms with Crippen molar-refractivity contribution in [1.29, 1.82) is 0 Å². The molecule has 0 bridgehead atoms. The van der Waals surface area contributed by atoms with Crippen LogP contribution >= 0.6 is 11.3 Å². The summed E-state index contributed by atoms with van der Waals surface area (Å²) in [5.41, 5.74) is -0.0781. The maximum atomic E-state index is 12.3. The van der Waals surface area contributed by atoms with Crippen molar-refractivity contribution in [2.45, 2.75) is 58.6 Å². The van der Waals surface area contributed by atoms with E-state index in [4.69, 9.17) is 0 Å². The summed E-state index contributed by atoms with van der Waals surface area (Å²) in [6.45, 7) is 5.56. The van der Waals surface area contributed by atoms with Crippen molar-refractivity contribution in [3.8, 4) is 11.8 Å². The fraction of sp³-hybridized carbons (Fsp3) is 0.550. The van der Waals surface area contributed by atoms with Crippen molar-refractivity contribution < 1.29 is 24.6 Å². The minimum Gasteiger partial charge on any atom is -0.477 e. The average Bonchev–Trinajstić information content (AvgIpc) is 3.04. The van der Waals surface area contributed by atoms with Gasteiger partial charge in [-0.3, -0.25) is 9.59 Å². The average molecular weight is 407 g/mol. The summed E-state index contributed by atoms with van der Waals surface area (Å²) in [7, 11) is 0. The second-order valence-electron chi connectivity index (χ2n) is 7.94. The van der Waals surface area contributed by atoms with Crippen molar-refractivity contribution in [2.75, 3.05) is 11.4 Å². The molecule has 1 saturated carbocycles. The van der Waals surface area contributed by atoms with E-state index in [1.54, 1.807) is 0 Å². The quantitative estimate of drug-likeness (QED) is 0.496. The zero-order valence-electron chi connectivity index (χ0n) is 16.3. The van der Waals surface area contributed by atoms with Crippen LogP contribution in [-0.2, 0) is 9.59 Å². The highest BCUT2D eigenvalue weighted by Gasteiger charge is 2.24. The van der Waals surface area contributed by atoms with E-state index in [1.165, 1.54) is 6.07 Å². The van der Waals surface area contributed by atoms with Gasteiger partial charge in [0.25, 0.3) is 0 Å². The standard InChI is InChI=1S/C20H26N2O5S/c1-20(2,3)9-8-15-10-16(18(28-15)19(26)27)22(12-23)11-17(25)21-13-4-6-14(24)7-5-13/h10,12-14,24H,4-7,11H2,1-3H3,(H,21,25)(H,26,27). The molecule has 152 valence electrons. The third-order valence-corrected chi connectivity index (χ3v) is 5.31. The molecule has 1 fully saturated rings. The van der Waals surface area contributed by atoms with Crippen LogP contribution in [0.1, 0.15) is 61.0 Å². The first-order valence-electron chi connectivity index (χ1n) is 9.18. The number of carbonyl (C=O) groups is 3. The second-order valence-corrected chi connectivity index (χ2v) is 8.99. The minimum absolute atomic E-state index is 0.0288. The molecule has 8 heteroatoms. The van der Waals surface area contributed by atoms with Crippen LogP contribution in [0.3, 0.4) is 0 Å². The number of nitrogens with zero attached hydrogens (tertiary/aromatic N) is 1. The smallest absolute Gasteiger partial charge is 0.348 e. The van der Waals surface area contributed by atoms with Crippen LogP contribution in [0.2, 0.25) is 0 Å². The third-order valence-electron chi connectivity index (χ3n) is 4.28.